The van der Waals surface area contributed by atoms with Crippen LogP contribution in [0.25, 0.3) is 22.4 Å². The SMILES string of the molecule is CN1CCC[C@@H]1COc1cnc(-c2ccccc2)c(-c2ccccc2)c1.Cl.Cl. The Balaban J connectivity index is 0.00000140. The lowest BCUT2D eigenvalue weighted by atomic mass is 9.99. The first-order valence-corrected chi connectivity index (χ1v) is 9.25. The van der Waals surface area contributed by atoms with Gasteiger partial charge < -0.3 is 9.64 Å². The Bertz CT molecular complexity index is 859. The number of rotatable bonds is 5. The Morgan fingerprint density at radius 3 is 2.21 bits per heavy atom. The minimum Gasteiger partial charge on any atom is -0.490 e. The molecule has 1 atom stereocenters. The van der Waals surface area contributed by atoms with Gasteiger partial charge >= 0.3 is 0 Å². The smallest absolute Gasteiger partial charge is 0.138 e. The number of likely N-dealkylation sites (tertiary alicyclic amines) is 1. The maximum absolute atomic E-state index is 6.11. The molecule has 5 heteroatoms. The summed E-state index contributed by atoms with van der Waals surface area (Å²) in [5, 5.41) is 0. The van der Waals surface area contributed by atoms with Crippen LogP contribution in [-0.2, 0) is 0 Å². The van der Waals surface area contributed by atoms with Crippen molar-refractivity contribution in [1.82, 2.24) is 9.88 Å². The van der Waals surface area contributed by atoms with E-state index >= 15 is 0 Å². The van der Waals surface area contributed by atoms with E-state index in [2.05, 4.69) is 54.4 Å². The number of benzene rings is 2. The number of nitrogens with zero attached hydrogens (tertiary/aromatic N) is 2. The van der Waals surface area contributed by atoms with Crippen LogP contribution in [0.3, 0.4) is 0 Å². The van der Waals surface area contributed by atoms with E-state index in [1.165, 1.54) is 12.8 Å². The van der Waals surface area contributed by atoms with Gasteiger partial charge in [0.15, 0.2) is 0 Å². The van der Waals surface area contributed by atoms with Gasteiger partial charge in [0.2, 0.25) is 0 Å². The summed E-state index contributed by atoms with van der Waals surface area (Å²) in [4.78, 5) is 7.13. The molecule has 0 unspecified atom stereocenters. The molecule has 2 heterocycles. The largest absolute Gasteiger partial charge is 0.490 e. The van der Waals surface area contributed by atoms with Gasteiger partial charge in [-0.15, -0.1) is 24.8 Å². The Kier molecular flexibility index (Phi) is 8.31. The van der Waals surface area contributed by atoms with Crippen molar-refractivity contribution >= 4 is 24.8 Å². The van der Waals surface area contributed by atoms with Crippen LogP contribution < -0.4 is 4.74 Å². The normalized spacial score (nSPS) is 16.1. The van der Waals surface area contributed by atoms with Crippen LogP contribution in [0.15, 0.2) is 72.9 Å². The summed E-state index contributed by atoms with van der Waals surface area (Å²) >= 11 is 0. The Labute approximate surface area is 179 Å². The van der Waals surface area contributed by atoms with E-state index in [4.69, 9.17) is 9.72 Å². The summed E-state index contributed by atoms with van der Waals surface area (Å²) in [6.45, 7) is 1.88. The predicted octanol–water partition coefficient (Wildman–Crippen LogP) is 5.73. The molecule has 0 N–H and O–H groups in total. The van der Waals surface area contributed by atoms with Crippen molar-refractivity contribution in [2.24, 2.45) is 0 Å². The third kappa shape index (κ3) is 5.05. The summed E-state index contributed by atoms with van der Waals surface area (Å²) in [7, 11) is 2.17. The van der Waals surface area contributed by atoms with Crippen molar-refractivity contribution in [3.63, 3.8) is 0 Å². The van der Waals surface area contributed by atoms with Gasteiger partial charge in [0, 0.05) is 17.2 Å². The Hall–Kier alpha value is -2.07. The second-order valence-electron chi connectivity index (χ2n) is 6.89. The topological polar surface area (TPSA) is 25.4 Å². The van der Waals surface area contributed by atoms with Crippen molar-refractivity contribution < 1.29 is 4.74 Å². The molecular formula is C23H26Cl2N2O. The third-order valence-electron chi connectivity index (χ3n) is 5.11. The highest BCUT2D eigenvalue weighted by molar-refractivity contribution is 5.85. The zero-order chi connectivity index (χ0) is 17.8. The van der Waals surface area contributed by atoms with Gasteiger partial charge in [0.25, 0.3) is 0 Å². The van der Waals surface area contributed by atoms with Crippen LogP contribution in [0.1, 0.15) is 12.8 Å². The highest BCUT2D eigenvalue weighted by atomic mass is 35.5. The Morgan fingerprint density at radius 2 is 1.61 bits per heavy atom. The van der Waals surface area contributed by atoms with Crippen molar-refractivity contribution in [1.29, 1.82) is 0 Å². The third-order valence-corrected chi connectivity index (χ3v) is 5.11. The lowest BCUT2D eigenvalue weighted by molar-refractivity contribution is 0.198. The van der Waals surface area contributed by atoms with Gasteiger partial charge in [-0.1, -0.05) is 60.7 Å². The summed E-state index contributed by atoms with van der Waals surface area (Å²) in [6, 6.07) is 23.4. The average molecular weight is 417 g/mol. The van der Waals surface area contributed by atoms with Crippen molar-refractivity contribution in [3.05, 3.63) is 72.9 Å². The fourth-order valence-corrected chi connectivity index (χ4v) is 3.57. The van der Waals surface area contributed by atoms with Crippen LogP contribution in [0, 0.1) is 0 Å². The first-order chi connectivity index (χ1) is 12.8. The second kappa shape index (κ2) is 10.5. The number of halogens is 2. The minimum atomic E-state index is 0. The second-order valence-corrected chi connectivity index (χ2v) is 6.89. The highest BCUT2D eigenvalue weighted by Gasteiger charge is 2.21. The number of hydrogen-bond donors (Lipinski definition) is 0. The van der Waals surface area contributed by atoms with Gasteiger partial charge in [-0.25, -0.2) is 0 Å². The zero-order valence-corrected chi connectivity index (χ0v) is 17.6. The standard InChI is InChI=1S/C23H24N2O.2ClH/c1-25-14-8-13-20(25)17-26-21-15-22(18-9-4-2-5-10-18)23(24-16-21)19-11-6-3-7-12-19;;/h2-7,9-12,15-16,20H,8,13-14,17H2,1H3;2*1H/t20-;;/m1../s1. The molecule has 0 aliphatic carbocycles. The maximum Gasteiger partial charge on any atom is 0.138 e. The van der Waals surface area contributed by atoms with Gasteiger partial charge in [0.05, 0.1) is 11.9 Å². The summed E-state index contributed by atoms with van der Waals surface area (Å²) in [5.74, 6) is 0.837. The van der Waals surface area contributed by atoms with Crippen LogP contribution in [0.5, 0.6) is 5.75 Å². The molecule has 1 saturated heterocycles. The monoisotopic (exact) mass is 416 g/mol. The molecule has 0 saturated carbocycles. The molecule has 28 heavy (non-hydrogen) atoms. The number of pyridine rings is 1. The molecule has 2 aromatic carbocycles. The molecule has 0 radical (unpaired) electrons. The van der Waals surface area contributed by atoms with Crippen molar-refractivity contribution in [2.75, 3.05) is 20.2 Å². The van der Waals surface area contributed by atoms with E-state index in [-0.39, 0.29) is 24.8 Å². The average Bonchev–Trinajstić information content (AvgIpc) is 3.12. The van der Waals surface area contributed by atoms with E-state index in [0.29, 0.717) is 6.04 Å². The molecule has 4 rings (SSSR count). The predicted molar refractivity (Wildman–Crippen MR) is 121 cm³/mol. The fourth-order valence-electron chi connectivity index (χ4n) is 3.57. The summed E-state index contributed by atoms with van der Waals surface area (Å²) < 4.78 is 6.11. The molecular weight excluding hydrogens is 391 g/mol. The lowest BCUT2D eigenvalue weighted by Crippen LogP contribution is -2.30. The fraction of sp³-hybridized carbons (Fsp3) is 0.261. The van der Waals surface area contributed by atoms with Gasteiger partial charge in [-0.3, -0.25) is 4.98 Å². The number of ether oxygens (including phenoxy) is 1. The lowest BCUT2D eigenvalue weighted by Gasteiger charge is -2.20. The molecule has 3 nitrogen and oxygen atoms in total. The first kappa shape index (κ1) is 22.2. The van der Waals surface area contributed by atoms with Gasteiger partial charge in [0.1, 0.15) is 12.4 Å². The minimum absolute atomic E-state index is 0. The summed E-state index contributed by atoms with van der Waals surface area (Å²) in [6.07, 6.45) is 4.31. The Morgan fingerprint density at radius 1 is 0.964 bits per heavy atom. The van der Waals surface area contributed by atoms with E-state index in [1.54, 1.807) is 0 Å². The molecule has 1 aromatic heterocycles. The van der Waals surface area contributed by atoms with Crippen LogP contribution in [-0.4, -0.2) is 36.1 Å². The molecule has 0 bridgehead atoms. The van der Waals surface area contributed by atoms with Gasteiger partial charge in [-0.2, -0.15) is 0 Å². The molecule has 3 aromatic rings. The molecule has 1 fully saturated rings. The van der Waals surface area contributed by atoms with Crippen LogP contribution in [0.2, 0.25) is 0 Å². The maximum atomic E-state index is 6.11. The molecule has 148 valence electrons. The van der Waals surface area contributed by atoms with E-state index < -0.39 is 0 Å². The number of aromatic nitrogens is 1. The van der Waals surface area contributed by atoms with E-state index in [9.17, 15) is 0 Å². The van der Waals surface area contributed by atoms with E-state index in [0.717, 1.165) is 41.3 Å². The molecule has 1 aliphatic rings. The number of hydrogen-bond acceptors (Lipinski definition) is 3. The molecule has 1 aliphatic heterocycles. The molecule has 0 amide bonds. The quantitative estimate of drug-likeness (QED) is 0.530. The van der Waals surface area contributed by atoms with Crippen molar-refractivity contribution in [3.8, 4) is 28.1 Å². The van der Waals surface area contributed by atoms with Crippen LogP contribution >= 0.6 is 24.8 Å². The highest BCUT2D eigenvalue weighted by Crippen LogP contribution is 2.33. The number of likely N-dealkylation sites (N-methyl/N-ethyl adjacent to an activating group) is 1. The van der Waals surface area contributed by atoms with Crippen molar-refractivity contribution in [2.45, 2.75) is 18.9 Å². The zero-order valence-electron chi connectivity index (χ0n) is 16.0. The summed E-state index contributed by atoms with van der Waals surface area (Å²) in [5.41, 5.74) is 4.37. The van der Waals surface area contributed by atoms with E-state index in [1.807, 2.05) is 30.5 Å². The van der Waals surface area contributed by atoms with Crippen LogP contribution in [0.4, 0.5) is 0 Å². The first-order valence-electron chi connectivity index (χ1n) is 9.25. The van der Waals surface area contributed by atoms with Gasteiger partial charge in [-0.05, 0) is 38.1 Å². The molecule has 0 spiro atoms.